The van der Waals surface area contributed by atoms with E-state index in [4.69, 9.17) is 0 Å². The number of hydrogen-bond acceptors (Lipinski definition) is 3. The van der Waals surface area contributed by atoms with Crippen LogP contribution in [0.4, 0.5) is 4.79 Å². The van der Waals surface area contributed by atoms with Gasteiger partial charge in [-0.3, -0.25) is 4.79 Å². The molecule has 1 unspecified atom stereocenters. The quantitative estimate of drug-likeness (QED) is 0.620. The van der Waals surface area contributed by atoms with Crippen LogP contribution < -0.4 is 10.6 Å². The molecule has 4 rings (SSSR count). The number of amides is 3. The Morgan fingerprint density at radius 2 is 1.71 bits per heavy atom. The van der Waals surface area contributed by atoms with Gasteiger partial charge in [-0.15, -0.1) is 0 Å². The second-order valence-electron chi connectivity index (χ2n) is 7.64. The van der Waals surface area contributed by atoms with Gasteiger partial charge in [0, 0.05) is 32.0 Å². The van der Waals surface area contributed by atoms with Crippen molar-refractivity contribution in [3.05, 3.63) is 84.2 Å². The highest BCUT2D eigenvalue weighted by molar-refractivity contribution is 5.88. The topological polar surface area (TPSA) is 79.3 Å². The number of hydrogen-bond donors (Lipinski definition) is 2. The molecule has 7 nitrogen and oxygen atoms in total. The Kier molecular flexibility index (Phi) is 6.62. The van der Waals surface area contributed by atoms with Gasteiger partial charge in [0.1, 0.15) is 6.04 Å². The Hall–Kier alpha value is -3.61. The SMILES string of the molecule is O=C(NCCc1ccc(-n2cccn2)cc1)NC(C(=O)N1CCCC1)c1ccccc1. The van der Waals surface area contributed by atoms with E-state index in [9.17, 15) is 9.59 Å². The summed E-state index contributed by atoms with van der Waals surface area (Å²) in [5, 5.41) is 9.97. The number of rotatable bonds is 7. The van der Waals surface area contributed by atoms with Crippen molar-refractivity contribution in [2.24, 2.45) is 0 Å². The van der Waals surface area contributed by atoms with E-state index >= 15 is 0 Å². The van der Waals surface area contributed by atoms with Crippen molar-refractivity contribution < 1.29 is 9.59 Å². The lowest BCUT2D eigenvalue weighted by Gasteiger charge is -2.24. The molecule has 3 aromatic rings. The number of urea groups is 1. The van der Waals surface area contributed by atoms with Crippen LogP contribution in [0.5, 0.6) is 0 Å². The average molecular weight is 418 g/mol. The number of likely N-dealkylation sites (tertiary alicyclic amines) is 1. The normalized spacial score (nSPS) is 14.3. The van der Waals surface area contributed by atoms with Crippen LogP contribution in [0.15, 0.2) is 73.1 Å². The van der Waals surface area contributed by atoms with Crippen molar-refractivity contribution in [2.45, 2.75) is 25.3 Å². The van der Waals surface area contributed by atoms with Crippen LogP contribution in [0.3, 0.4) is 0 Å². The highest BCUT2D eigenvalue weighted by atomic mass is 16.2. The summed E-state index contributed by atoms with van der Waals surface area (Å²) >= 11 is 0. The van der Waals surface area contributed by atoms with Crippen LogP contribution in [-0.4, -0.2) is 46.3 Å². The standard InChI is InChI=1S/C24H27N5O2/c30-23(28-16-4-5-17-28)22(20-7-2-1-3-8-20)27-24(31)25-15-13-19-9-11-21(12-10-19)29-18-6-14-26-29/h1-3,6-12,14,18,22H,4-5,13,15-17H2,(H2,25,27,31). The minimum atomic E-state index is -0.673. The number of aromatic nitrogens is 2. The van der Waals surface area contributed by atoms with Gasteiger partial charge < -0.3 is 15.5 Å². The first kappa shape index (κ1) is 20.7. The van der Waals surface area contributed by atoms with Crippen molar-refractivity contribution in [2.75, 3.05) is 19.6 Å². The molecule has 1 aromatic heterocycles. The lowest BCUT2D eigenvalue weighted by atomic mass is 10.1. The third-order valence-electron chi connectivity index (χ3n) is 5.48. The van der Waals surface area contributed by atoms with Crippen molar-refractivity contribution in [3.63, 3.8) is 0 Å². The zero-order valence-corrected chi connectivity index (χ0v) is 17.4. The highest BCUT2D eigenvalue weighted by Gasteiger charge is 2.28. The third kappa shape index (κ3) is 5.31. The van der Waals surface area contributed by atoms with Gasteiger partial charge in [0.15, 0.2) is 0 Å². The zero-order chi connectivity index (χ0) is 21.5. The lowest BCUT2D eigenvalue weighted by Crippen LogP contribution is -2.45. The lowest BCUT2D eigenvalue weighted by molar-refractivity contribution is -0.132. The molecular weight excluding hydrogens is 390 g/mol. The summed E-state index contributed by atoms with van der Waals surface area (Å²) in [7, 11) is 0. The Morgan fingerprint density at radius 3 is 2.39 bits per heavy atom. The van der Waals surface area contributed by atoms with E-state index in [1.54, 1.807) is 10.9 Å². The third-order valence-corrected chi connectivity index (χ3v) is 5.48. The van der Waals surface area contributed by atoms with E-state index in [-0.39, 0.29) is 11.9 Å². The van der Waals surface area contributed by atoms with E-state index in [1.165, 1.54) is 0 Å². The summed E-state index contributed by atoms with van der Waals surface area (Å²) in [6.07, 6.45) is 6.36. The predicted molar refractivity (Wildman–Crippen MR) is 119 cm³/mol. The van der Waals surface area contributed by atoms with Crippen molar-refractivity contribution in [1.82, 2.24) is 25.3 Å². The van der Waals surface area contributed by atoms with Gasteiger partial charge in [0.25, 0.3) is 0 Å². The Morgan fingerprint density at radius 1 is 0.968 bits per heavy atom. The maximum atomic E-state index is 13.0. The Balaban J connectivity index is 1.32. The van der Waals surface area contributed by atoms with Crippen molar-refractivity contribution >= 4 is 11.9 Å². The largest absolute Gasteiger partial charge is 0.341 e. The molecule has 0 saturated carbocycles. The van der Waals surface area contributed by atoms with Gasteiger partial charge in [0.2, 0.25) is 5.91 Å². The molecule has 0 spiro atoms. The first-order valence-electron chi connectivity index (χ1n) is 10.7. The van der Waals surface area contributed by atoms with Crippen LogP contribution >= 0.6 is 0 Å². The molecule has 7 heteroatoms. The summed E-state index contributed by atoms with van der Waals surface area (Å²) in [6.45, 7) is 1.98. The van der Waals surface area contributed by atoms with E-state index in [1.807, 2.05) is 71.8 Å². The average Bonchev–Trinajstić information content (AvgIpc) is 3.53. The van der Waals surface area contributed by atoms with Gasteiger partial charge in [-0.1, -0.05) is 42.5 Å². The Labute approximate surface area is 182 Å². The van der Waals surface area contributed by atoms with Crippen LogP contribution in [-0.2, 0) is 11.2 Å². The molecule has 1 fully saturated rings. The highest BCUT2D eigenvalue weighted by Crippen LogP contribution is 2.19. The number of benzene rings is 2. The zero-order valence-electron chi connectivity index (χ0n) is 17.4. The molecule has 0 bridgehead atoms. The first-order valence-corrected chi connectivity index (χ1v) is 10.7. The smallest absolute Gasteiger partial charge is 0.315 e. The summed E-state index contributed by atoms with van der Waals surface area (Å²) in [6, 6.07) is 18.3. The van der Waals surface area contributed by atoms with E-state index in [0.717, 1.165) is 42.7 Å². The van der Waals surface area contributed by atoms with E-state index < -0.39 is 6.04 Å². The number of carbonyl (C=O) groups excluding carboxylic acids is 2. The van der Waals surface area contributed by atoms with Crippen LogP contribution in [0.1, 0.15) is 30.0 Å². The number of carbonyl (C=O) groups is 2. The van der Waals surface area contributed by atoms with Crippen LogP contribution in [0.2, 0.25) is 0 Å². The maximum absolute atomic E-state index is 13.0. The van der Waals surface area contributed by atoms with Crippen LogP contribution in [0, 0.1) is 0 Å². The monoisotopic (exact) mass is 417 g/mol. The van der Waals surface area contributed by atoms with Gasteiger partial charge in [0.05, 0.1) is 5.69 Å². The molecule has 1 aliphatic rings. The van der Waals surface area contributed by atoms with E-state index in [0.29, 0.717) is 13.0 Å². The fraction of sp³-hybridized carbons (Fsp3) is 0.292. The van der Waals surface area contributed by atoms with Crippen molar-refractivity contribution in [1.29, 1.82) is 0 Å². The van der Waals surface area contributed by atoms with Crippen LogP contribution in [0.25, 0.3) is 5.69 Å². The molecule has 0 radical (unpaired) electrons. The molecule has 3 amide bonds. The molecule has 2 heterocycles. The molecule has 2 N–H and O–H groups in total. The molecule has 1 aliphatic heterocycles. The molecular formula is C24H27N5O2. The summed E-state index contributed by atoms with van der Waals surface area (Å²) in [5.41, 5.74) is 2.90. The number of nitrogens with one attached hydrogen (secondary N) is 2. The minimum Gasteiger partial charge on any atom is -0.341 e. The van der Waals surface area contributed by atoms with Gasteiger partial charge in [-0.25, -0.2) is 9.48 Å². The fourth-order valence-electron chi connectivity index (χ4n) is 3.79. The molecule has 0 aliphatic carbocycles. The predicted octanol–water partition coefficient (Wildman–Crippen LogP) is 3.08. The van der Waals surface area contributed by atoms with Gasteiger partial charge in [-0.2, -0.15) is 5.10 Å². The van der Waals surface area contributed by atoms with Crippen molar-refractivity contribution in [3.8, 4) is 5.69 Å². The van der Waals surface area contributed by atoms with Gasteiger partial charge >= 0.3 is 6.03 Å². The molecule has 31 heavy (non-hydrogen) atoms. The number of nitrogens with zero attached hydrogens (tertiary/aromatic N) is 3. The summed E-state index contributed by atoms with van der Waals surface area (Å²) < 4.78 is 1.80. The molecule has 2 aromatic carbocycles. The second kappa shape index (κ2) is 9.93. The summed E-state index contributed by atoms with van der Waals surface area (Å²) in [4.78, 5) is 27.4. The maximum Gasteiger partial charge on any atom is 0.315 e. The molecule has 1 atom stereocenters. The molecule has 1 saturated heterocycles. The first-order chi connectivity index (χ1) is 15.2. The Bertz CT molecular complexity index is 981. The summed E-state index contributed by atoms with van der Waals surface area (Å²) in [5.74, 6) is -0.0481. The minimum absolute atomic E-state index is 0.0481. The second-order valence-corrected chi connectivity index (χ2v) is 7.64. The van der Waals surface area contributed by atoms with Gasteiger partial charge in [-0.05, 0) is 48.6 Å². The van der Waals surface area contributed by atoms with E-state index in [2.05, 4.69) is 15.7 Å². The molecule has 160 valence electrons. The fourth-order valence-corrected chi connectivity index (χ4v) is 3.79.